The minimum Gasteiger partial charge on any atom is -0.453 e. The molecule has 0 aliphatic heterocycles. The number of methoxy groups -OCH3 is 1. The molecule has 2 aromatic carbocycles. The lowest BCUT2D eigenvalue weighted by atomic mass is 10.2. The normalized spacial score (nSPS) is 9.86. The summed E-state index contributed by atoms with van der Waals surface area (Å²) in [6, 6.07) is 13.5. The summed E-state index contributed by atoms with van der Waals surface area (Å²) >= 11 is 0. The number of hydrogen-bond donors (Lipinski definition) is 2. The van der Waals surface area contributed by atoms with Crippen molar-refractivity contribution in [2.75, 3.05) is 17.7 Å². The van der Waals surface area contributed by atoms with Crippen LogP contribution in [0, 0.1) is 10.1 Å². The summed E-state index contributed by atoms with van der Waals surface area (Å²) in [5.74, 6) is 0. The molecule has 0 heterocycles. The highest BCUT2D eigenvalue weighted by atomic mass is 16.6. The van der Waals surface area contributed by atoms with Crippen molar-refractivity contribution in [2.24, 2.45) is 0 Å². The van der Waals surface area contributed by atoms with Gasteiger partial charge in [-0.15, -0.1) is 0 Å². The highest BCUT2D eigenvalue weighted by Gasteiger charge is 2.04. The quantitative estimate of drug-likeness (QED) is 0.652. The molecule has 0 radical (unpaired) electrons. The molecule has 0 fully saturated rings. The Labute approximate surface area is 127 Å². The first kappa shape index (κ1) is 15.3. The van der Waals surface area contributed by atoms with Gasteiger partial charge in [-0.05, 0) is 29.8 Å². The van der Waals surface area contributed by atoms with Crippen molar-refractivity contribution >= 4 is 23.2 Å². The Morgan fingerprint density at radius 2 is 1.68 bits per heavy atom. The van der Waals surface area contributed by atoms with Crippen LogP contribution in [-0.2, 0) is 11.3 Å². The van der Waals surface area contributed by atoms with E-state index in [0.717, 1.165) is 11.3 Å². The Morgan fingerprint density at radius 1 is 1.09 bits per heavy atom. The zero-order valence-electron chi connectivity index (χ0n) is 11.9. The van der Waals surface area contributed by atoms with Crippen LogP contribution in [0.4, 0.5) is 21.9 Å². The number of rotatable bonds is 5. The highest BCUT2D eigenvalue weighted by molar-refractivity contribution is 5.84. The first-order valence-electron chi connectivity index (χ1n) is 6.51. The maximum Gasteiger partial charge on any atom is 0.411 e. The third-order valence-corrected chi connectivity index (χ3v) is 2.96. The zero-order chi connectivity index (χ0) is 15.9. The van der Waals surface area contributed by atoms with Gasteiger partial charge in [-0.2, -0.15) is 0 Å². The van der Waals surface area contributed by atoms with E-state index in [1.807, 2.05) is 12.1 Å². The van der Waals surface area contributed by atoms with Gasteiger partial charge in [0, 0.05) is 30.1 Å². The third kappa shape index (κ3) is 4.20. The van der Waals surface area contributed by atoms with Gasteiger partial charge in [0.15, 0.2) is 0 Å². The smallest absolute Gasteiger partial charge is 0.411 e. The van der Waals surface area contributed by atoms with Crippen LogP contribution in [-0.4, -0.2) is 18.1 Å². The fourth-order valence-corrected chi connectivity index (χ4v) is 1.78. The maximum absolute atomic E-state index is 11.1. The third-order valence-electron chi connectivity index (χ3n) is 2.96. The molecule has 22 heavy (non-hydrogen) atoms. The summed E-state index contributed by atoms with van der Waals surface area (Å²) in [7, 11) is 1.30. The maximum atomic E-state index is 11.1. The van der Waals surface area contributed by atoms with Gasteiger partial charge in [0.2, 0.25) is 0 Å². The number of nitrogens with zero attached hydrogens (tertiary/aromatic N) is 1. The number of nitro benzene ring substituents is 1. The number of nitro groups is 1. The lowest BCUT2D eigenvalue weighted by Crippen LogP contribution is -2.10. The molecular formula is C15H15N3O4. The minimum absolute atomic E-state index is 0.0591. The van der Waals surface area contributed by atoms with Crippen LogP contribution < -0.4 is 10.6 Å². The van der Waals surface area contributed by atoms with E-state index < -0.39 is 11.0 Å². The fraction of sp³-hybridized carbons (Fsp3) is 0.133. The Bertz CT molecular complexity index is 653. The summed E-state index contributed by atoms with van der Waals surface area (Å²) in [5, 5.41) is 16.3. The number of anilines is 2. The lowest BCUT2D eigenvalue weighted by Gasteiger charge is -2.08. The average molecular weight is 301 g/mol. The van der Waals surface area contributed by atoms with Crippen molar-refractivity contribution in [1.29, 1.82) is 0 Å². The molecule has 114 valence electrons. The van der Waals surface area contributed by atoms with E-state index in [2.05, 4.69) is 15.4 Å². The number of amides is 1. The predicted octanol–water partition coefficient (Wildman–Crippen LogP) is 3.39. The monoisotopic (exact) mass is 301 g/mol. The largest absolute Gasteiger partial charge is 0.453 e. The van der Waals surface area contributed by atoms with Gasteiger partial charge in [-0.25, -0.2) is 4.79 Å². The van der Waals surface area contributed by atoms with Crippen molar-refractivity contribution in [2.45, 2.75) is 6.54 Å². The Morgan fingerprint density at radius 3 is 2.23 bits per heavy atom. The fourth-order valence-electron chi connectivity index (χ4n) is 1.78. The molecule has 0 aliphatic rings. The van der Waals surface area contributed by atoms with Crippen LogP contribution in [0.2, 0.25) is 0 Å². The number of non-ortho nitro benzene ring substituents is 1. The molecule has 2 aromatic rings. The minimum atomic E-state index is -0.517. The van der Waals surface area contributed by atoms with Crippen LogP contribution in [0.25, 0.3) is 0 Å². The summed E-state index contributed by atoms with van der Waals surface area (Å²) in [4.78, 5) is 21.2. The molecule has 2 rings (SSSR count). The molecule has 0 spiro atoms. The topological polar surface area (TPSA) is 93.5 Å². The van der Waals surface area contributed by atoms with Gasteiger partial charge in [-0.3, -0.25) is 15.4 Å². The zero-order valence-corrected chi connectivity index (χ0v) is 11.9. The second-order valence-corrected chi connectivity index (χ2v) is 4.47. The molecule has 0 saturated heterocycles. The molecule has 7 nitrogen and oxygen atoms in total. The molecule has 2 N–H and O–H groups in total. The summed E-state index contributed by atoms with van der Waals surface area (Å²) < 4.78 is 4.51. The number of carbonyl (C=O) groups excluding carboxylic acids is 1. The van der Waals surface area contributed by atoms with E-state index in [4.69, 9.17) is 0 Å². The Kier molecular flexibility index (Phi) is 4.92. The van der Waals surface area contributed by atoms with Crippen molar-refractivity contribution in [1.82, 2.24) is 0 Å². The summed E-state index contributed by atoms with van der Waals surface area (Å²) in [5.41, 5.74) is 2.51. The molecule has 0 atom stereocenters. The van der Waals surface area contributed by atoms with Gasteiger partial charge in [0.05, 0.1) is 12.0 Å². The molecular weight excluding hydrogens is 286 g/mol. The van der Waals surface area contributed by atoms with E-state index in [1.165, 1.54) is 19.2 Å². The first-order chi connectivity index (χ1) is 10.6. The second-order valence-electron chi connectivity index (χ2n) is 4.47. The molecule has 0 unspecified atom stereocenters. The molecule has 0 aliphatic carbocycles. The Balaban J connectivity index is 1.91. The van der Waals surface area contributed by atoms with Crippen molar-refractivity contribution in [3.8, 4) is 0 Å². The number of nitrogens with one attached hydrogen (secondary N) is 2. The van der Waals surface area contributed by atoms with Gasteiger partial charge in [-0.1, -0.05) is 12.1 Å². The number of benzene rings is 2. The van der Waals surface area contributed by atoms with Crippen LogP contribution in [0.5, 0.6) is 0 Å². The highest BCUT2D eigenvalue weighted by Crippen LogP contribution is 2.17. The molecule has 0 saturated carbocycles. The first-order valence-corrected chi connectivity index (χ1v) is 6.51. The number of hydrogen-bond acceptors (Lipinski definition) is 5. The standard InChI is InChI=1S/C15H15N3O4/c1-22-15(19)17-13-4-2-11(3-5-13)10-16-12-6-8-14(9-7-12)18(20)21/h2-9,16H,10H2,1H3,(H,17,19). The van der Waals surface area contributed by atoms with Crippen LogP contribution in [0.3, 0.4) is 0 Å². The van der Waals surface area contributed by atoms with Crippen LogP contribution >= 0.6 is 0 Å². The summed E-state index contributed by atoms with van der Waals surface area (Å²) in [6.45, 7) is 0.566. The number of ether oxygens (including phenoxy) is 1. The van der Waals surface area contributed by atoms with Crippen molar-refractivity contribution in [3.63, 3.8) is 0 Å². The van der Waals surface area contributed by atoms with Crippen molar-refractivity contribution in [3.05, 3.63) is 64.2 Å². The lowest BCUT2D eigenvalue weighted by molar-refractivity contribution is -0.384. The molecule has 0 aromatic heterocycles. The Hall–Kier alpha value is -3.09. The van der Waals surface area contributed by atoms with Crippen LogP contribution in [0.15, 0.2) is 48.5 Å². The number of carbonyl (C=O) groups is 1. The SMILES string of the molecule is COC(=O)Nc1ccc(CNc2ccc([N+](=O)[O-])cc2)cc1. The summed E-state index contributed by atoms with van der Waals surface area (Å²) in [6.07, 6.45) is -0.517. The van der Waals surface area contributed by atoms with E-state index in [-0.39, 0.29) is 5.69 Å². The van der Waals surface area contributed by atoms with Gasteiger partial charge in [0.25, 0.3) is 5.69 Å². The second kappa shape index (κ2) is 7.07. The van der Waals surface area contributed by atoms with Crippen LogP contribution in [0.1, 0.15) is 5.56 Å². The van der Waals surface area contributed by atoms with E-state index in [9.17, 15) is 14.9 Å². The molecule has 1 amide bonds. The molecule has 7 heteroatoms. The average Bonchev–Trinajstić information content (AvgIpc) is 2.54. The van der Waals surface area contributed by atoms with E-state index in [1.54, 1.807) is 24.3 Å². The van der Waals surface area contributed by atoms with Crippen molar-refractivity contribution < 1.29 is 14.5 Å². The van der Waals surface area contributed by atoms with Gasteiger partial charge < -0.3 is 10.1 Å². The predicted molar refractivity (Wildman–Crippen MR) is 82.9 cm³/mol. The van der Waals surface area contributed by atoms with E-state index in [0.29, 0.717) is 12.2 Å². The van der Waals surface area contributed by atoms with Gasteiger partial charge in [0.1, 0.15) is 0 Å². The van der Waals surface area contributed by atoms with Gasteiger partial charge >= 0.3 is 6.09 Å². The molecule has 0 bridgehead atoms. The van der Waals surface area contributed by atoms with E-state index >= 15 is 0 Å².